The predicted octanol–water partition coefficient (Wildman–Crippen LogP) is 3.54. The number of aromatic nitrogens is 1. The number of aliphatic hydroxyl groups excluding tert-OH is 1. The number of sulfonamides is 1. The van der Waals surface area contributed by atoms with E-state index in [4.69, 9.17) is 0 Å². The molecule has 2 atom stereocenters. The van der Waals surface area contributed by atoms with E-state index in [-0.39, 0.29) is 10.8 Å². The fraction of sp³-hybridized carbons (Fsp3) is 0.357. The van der Waals surface area contributed by atoms with Gasteiger partial charge in [-0.15, -0.1) is 0 Å². The van der Waals surface area contributed by atoms with Gasteiger partial charge in [-0.3, -0.25) is 9.78 Å². The molecule has 0 aliphatic carbocycles. The Kier molecular flexibility index (Phi) is 7.68. The number of amides is 1. The number of benzene rings is 2. The summed E-state index contributed by atoms with van der Waals surface area (Å²) in [6.07, 6.45) is 2.05. The summed E-state index contributed by atoms with van der Waals surface area (Å²) < 4.78 is 29.3. The van der Waals surface area contributed by atoms with E-state index in [1.54, 1.807) is 60.6 Å². The van der Waals surface area contributed by atoms with Gasteiger partial charge >= 0.3 is 0 Å². The first-order chi connectivity index (χ1) is 17.5. The van der Waals surface area contributed by atoms with Gasteiger partial charge in [0.05, 0.1) is 22.6 Å². The first-order valence-electron chi connectivity index (χ1n) is 12.4. The summed E-state index contributed by atoms with van der Waals surface area (Å²) in [6.45, 7) is 6.09. The Morgan fingerprint density at radius 1 is 1.14 bits per heavy atom. The Morgan fingerprint density at radius 2 is 1.86 bits per heavy atom. The molecule has 2 heterocycles. The van der Waals surface area contributed by atoms with Crippen LogP contribution in [0.25, 0.3) is 0 Å². The highest BCUT2D eigenvalue weighted by molar-refractivity contribution is 7.89. The average molecular weight is 523 g/mol. The highest BCUT2D eigenvalue weighted by Gasteiger charge is 2.43. The number of aryl methyl sites for hydroxylation is 1. The number of likely N-dealkylation sites (N-methyl/N-ethyl adjacent to an activating group) is 1. The van der Waals surface area contributed by atoms with Crippen molar-refractivity contribution in [3.05, 3.63) is 89.2 Å². The van der Waals surface area contributed by atoms with E-state index in [0.29, 0.717) is 29.8 Å². The van der Waals surface area contributed by atoms with Crippen LogP contribution in [0.5, 0.6) is 0 Å². The molecular formula is C28H34N4O4S. The lowest BCUT2D eigenvalue weighted by Crippen LogP contribution is -2.54. The van der Waals surface area contributed by atoms with Crippen LogP contribution in [-0.2, 0) is 22.9 Å². The van der Waals surface area contributed by atoms with Crippen LogP contribution in [0.1, 0.15) is 54.0 Å². The van der Waals surface area contributed by atoms with Crippen LogP contribution >= 0.6 is 0 Å². The fourth-order valence-corrected chi connectivity index (χ4v) is 5.71. The first kappa shape index (κ1) is 26.8. The third kappa shape index (κ3) is 5.84. The van der Waals surface area contributed by atoms with Crippen LogP contribution in [0, 0.1) is 0 Å². The number of hydrogen-bond acceptors (Lipinski definition) is 6. The van der Waals surface area contributed by atoms with Gasteiger partial charge in [0.15, 0.2) is 0 Å². The number of rotatable bonds is 8. The molecule has 37 heavy (non-hydrogen) atoms. The number of carbonyl (C=O) groups is 1. The van der Waals surface area contributed by atoms with E-state index in [0.717, 1.165) is 17.7 Å². The molecule has 0 bridgehead atoms. The summed E-state index contributed by atoms with van der Waals surface area (Å²) in [5.41, 5.74) is 2.71. The van der Waals surface area contributed by atoms with Gasteiger partial charge in [-0.25, -0.2) is 13.1 Å². The van der Waals surface area contributed by atoms with Crippen LogP contribution in [-0.4, -0.2) is 54.6 Å². The number of aliphatic hydroxyl groups is 1. The Morgan fingerprint density at radius 3 is 2.51 bits per heavy atom. The number of pyridine rings is 1. The molecule has 3 aromatic rings. The van der Waals surface area contributed by atoms with Crippen molar-refractivity contribution in [1.82, 2.24) is 14.6 Å². The lowest BCUT2D eigenvalue weighted by atomic mass is 9.82. The molecule has 1 aliphatic rings. The van der Waals surface area contributed by atoms with Crippen molar-refractivity contribution >= 4 is 21.6 Å². The van der Waals surface area contributed by atoms with Gasteiger partial charge in [-0.1, -0.05) is 25.1 Å². The Bertz CT molecular complexity index is 1360. The predicted molar refractivity (Wildman–Crippen MR) is 144 cm³/mol. The number of fused-ring (bicyclic) bond motifs is 1. The van der Waals surface area contributed by atoms with Crippen LogP contribution < -0.4 is 10.0 Å². The lowest BCUT2D eigenvalue weighted by Gasteiger charge is -2.43. The fourth-order valence-electron chi connectivity index (χ4n) is 4.49. The summed E-state index contributed by atoms with van der Waals surface area (Å²) in [4.78, 5) is 19.3. The number of nitrogens with one attached hydrogen (secondary N) is 2. The maximum absolute atomic E-state index is 13.3. The smallest absolute Gasteiger partial charge is 0.253 e. The minimum absolute atomic E-state index is 0.122. The van der Waals surface area contributed by atoms with Crippen LogP contribution in [0.4, 0.5) is 5.69 Å². The Balaban J connectivity index is 1.61. The second kappa shape index (κ2) is 10.6. The molecule has 0 fully saturated rings. The van der Waals surface area contributed by atoms with E-state index in [9.17, 15) is 18.3 Å². The monoisotopic (exact) mass is 522 g/mol. The van der Waals surface area contributed by atoms with Crippen LogP contribution in [0.3, 0.4) is 0 Å². The zero-order valence-corrected chi connectivity index (χ0v) is 22.4. The Labute approximate surface area is 218 Å². The molecular weight excluding hydrogens is 488 g/mol. The van der Waals surface area contributed by atoms with Crippen molar-refractivity contribution in [2.24, 2.45) is 0 Å². The van der Waals surface area contributed by atoms with E-state index >= 15 is 0 Å². The number of carbonyl (C=O) groups excluding carboxylic acids is 1. The summed E-state index contributed by atoms with van der Waals surface area (Å²) in [7, 11) is -2.22. The molecule has 3 N–H and O–H groups in total. The molecule has 196 valence electrons. The van der Waals surface area contributed by atoms with E-state index < -0.39 is 27.7 Å². The van der Waals surface area contributed by atoms with Gasteiger partial charge in [0.2, 0.25) is 10.0 Å². The number of hydrogen-bond donors (Lipinski definition) is 3. The minimum Gasteiger partial charge on any atom is -0.389 e. The quantitative estimate of drug-likeness (QED) is 0.417. The second-order valence-electron chi connectivity index (χ2n) is 9.99. The maximum Gasteiger partial charge on any atom is 0.253 e. The molecule has 0 saturated heterocycles. The van der Waals surface area contributed by atoms with Gasteiger partial charge in [0.25, 0.3) is 5.91 Å². The molecule has 0 unspecified atom stereocenters. The van der Waals surface area contributed by atoms with E-state index in [2.05, 4.69) is 15.0 Å². The summed E-state index contributed by atoms with van der Waals surface area (Å²) >= 11 is 0. The lowest BCUT2D eigenvalue weighted by molar-refractivity contribution is 0.0762. The van der Waals surface area contributed by atoms with Gasteiger partial charge in [0.1, 0.15) is 0 Å². The van der Waals surface area contributed by atoms with Crippen molar-refractivity contribution in [3.63, 3.8) is 0 Å². The van der Waals surface area contributed by atoms with E-state index in [1.165, 1.54) is 0 Å². The topological polar surface area (TPSA) is 112 Å². The largest absolute Gasteiger partial charge is 0.389 e. The second-order valence-corrected chi connectivity index (χ2v) is 11.7. The standard InChI is InChI=1S/C28H34N4O4S/c1-5-19-9-12-22(13-10-19)37(35,36)31-25-23-18-20(11-14-24(23)30-28(2,3)26(25)33)27(34)32(4)17-15-21-8-6-7-16-29-21/h6-14,16,18,25-26,30-31,33H,5,15,17H2,1-4H3/t25-,26+/m1/s1. The van der Waals surface area contributed by atoms with Gasteiger partial charge in [-0.2, -0.15) is 0 Å². The zero-order valence-electron chi connectivity index (χ0n) is 21.6. The Hall–Kier alpha value is -3.27. The summed E-state index contributed by atoms with van der Waals surface area (Å²) in [5, 5.41) is 14.5. The average Bonchev–Trinajstić information content (AvgIpc) is 2.89. The van der Waals surface area contributed by atoms with Gasteiger partial charge < -0.3 is 15.3 Å². The maximum atomic E-state index is 13.3. The third-order valence-electron chi connectivity index (χ3n) is 6.85. The van der Waals surface area contributed by atoms with Crippen LogP contribution in [0.15, 0.2) is 71.8 Å². The number of nitrogens with zero attached hydrogens (tertiary/aromatic N) is 2. The van der Waals surface area contributed by atoms with E-state index in [1.807, 2.05) is 39.0 Å². The molecule has 8 nitrogen and oxygen atoms in total. The molecule has 2 aromatic carbocycles. The number of anilines is 1. The van der Waals surface area contributed by atoms with Crippen molar-refractivity contribution in [2.75, 3.05) is 18.9 Å². The molecule has 1 amide bonds. The molecule has 0 spiro atoms. The highest BCUT2D eigenvalue weighted by atomic mass is 32.2. The zero-order chi connectivity index (χ0) is 26.8. The van der Waals surface area contributed by atoms with Crippen molar-refractivity contribution in [1.29, 1.82) is 0 Å². The molecule has 9 heteroatoms. The molecule has 1 aromatic heterocycles. The molecule has 0 saturated carbocycles. The van der Waals surface area contributed by atoms with Crippen molar-refractivity contribution in [2.45, 2.75) is 56.2 Å². The molecule has 1 aliphatic heterocycles. The third-order valence-corrected chi connectivity index (χ3v) is 8.30. The first-order valence-corrected chi connectivity index (χ1v) is 13.9. The molecule has 0 radical (unpaired) electrons. The summed E-state index contributed by atoms with van der Waals surface area (Å²) in [6, 6.07) is 16.6. The van der Waals surface area contributed by atoms with Gasteiger partial charge in [0, 0.05) is 43.2 Å². The van der Waals surface area contributed by atoms with Gasteiger partial charge in [-0.05, 0) is 73.9 Å². The normalized spacial score (nSPS) is 18.5. The molecule has 4 rings (SSSR count). The van der Waals surface area contributed by atoms with Crippen molar-refractivity contribution < 1.29 is 18.3 Å². The highest BCUT2D eigenvalue weighted by Crippen LogP contribution is 2.39. The minimum atomic E-state index is -3.94. The summed E-state index contributed by atoms with van der Waals surface area (Å²) in [5.74, 6) is -0.199. The SMILES string of the molecule is CCc1ccc(S(=O)(=O)N[C@@H]2c3cc(C(=O)N(C)CCc4ccccn4)ccc3NC(C)(C)[C@H]2O)cc1. The van der Waals surface area contributed by atoms with Crippen LogP contribution in [0.2, 0.25) is 0 Å². The van der Waals surface area contributed by atoms with Crippen molar-refractivity contribution in [3.8, 4) is 0 Å².